The van der Waals surface area contributed by atoms with Crippen LogP contribution in [0.1, 0.15) is 22.2 Å². The summed E-state index contributed by atoms with van der Waals surface area (Å²) in [5.41, 5.74) is 0.363. The minimum Gasteiger partial charge on any atom is -0.503 e. The van der Waals surface area contributed by atoms with Gasteiger partial charge in [0.05, 0.1) is 40.1 Å². The zero-order valence-electron chi connectivity index (χ0n) is 17.5. The summed E-state index contributed by atoms with van der Waals surface area (Å²) < 4.78 is 11.1. The minimum absolute atomic E-state index is 0.0827. The van der Waals surface area contributed by atoms with E-state index in [1.807, 2.05) is 0 Å². The topological polar surface area (TPSA) is 136 Å². The monoisotopic (exact) mass is 477 g/mol. The number of ketones is 1. The summed E-state index contributed by atoms with van der Waals surface area (Å²) in [4.78, 5) is 43.0. The van der Waals surface area contributed by atoms with Crippen molar-refractivity contribution < 1.29 is 28.8 Å². The lowest BCUT2D eigenvalue weighted by Gasteiger charge is -2.24. The van der Waals surface area contributed by atoms with Crippen LogP contribution in [0.3, 0.4) is 0 Å². The van der Waals surface area contributed by atoms with Crippen LogP contribution in [0.15, 0.2) is 76.6 Å². The maximum Gasteiger partial charge on any atom is 0.296 e. The van der Waals surface area contributed by atoms with E-state index in [-0.39, 0.29) is 27.7 Å². The molecule has 0 saturated carbocycles. The molecule has 3 heterocycles. The van der Waals surface area contributed by atoms with Crippen molar-refractivity contribution in [3.63, 3.8) is 0 Å². The number of nitrogens with zero attached hydrogens (tertiary/aromatic N) is 3. The second kappa shape index (κ2) is 8.12. The number of nitro benzene ring substituents is 1. The third-order valence-corrected chi connectivity index (χ3v) is 6.40. The number of thiazole rings is 1. The van der Waals surface area contributed by atoms with Gasteiger partial charge in [-0.3, -0.25) is 24.6 Å². The molecule has 0 radical (unpaired) electrons. The van der Waals surface area contributed by atoms with E-state index in [2.05, 4.69) is 4.98 Å². The lowest BCUT2D eigenvalue weighted by atomic mass is 9.95. The van der Waals surface area contributed by atoms with Crippen LogP contribution in [0.25, 0.3) is 10.2 Å². The van der Waals surface area contributed by atoms with Crippen molar-refractivity contribution in [1.29, 1.82) is 0 Å². The Labute approximate surface area is 195 Å². The van der Waals surface area contributed by atoms with Crippen molar-refractivity contribution in [1.82, 2.24) is 4.98 Å². The first-order valence-electron chi connectivity index (χ1n) is 9.93. The summed E-state index contributed by atoms with van der Waals surface area (Å²) in [6.45, 7) is 0. The number of methoxy groups -OCH3 is 1. The molecule has 1 amide bonds. The lowest BCUT2D eigenvalue weighted by Crippen LogP contribution is -2.31. The zero-order chi connectivity index (χ0) is 24.0. The second-order valence-electron chi connectivity index (χ2n) is 7.33. The average molecular weight is 477 g/mol. The Kier molecular flexibility index (Phi) is 5.10. The average Bonchev–Trinajstić information content (AvgIpc) is 3.57. The van der Waals surface area contributed by atoms with Crippen molar-refractivity contribution in [3.05, 3.63) is 93.6 Å². The van der Waals surface area contributed by atoms with Gasteiger partial charge in [0.25, 0.3) is 11.6 Å². The predicted molar refractivity (Wildman–Crippen MR) is 122 cm³/mol. The van der Waals surface area contributed by atoms with Crippen LogP contribution in [0.4, 0.5) is 10.8 Å². The largest absolute Gasteiger partial charge is 0.503 e. The third kappa shape index (κ3) is 3.39. The number of fused-ring (bicyclic) bond motifs is 1. The van der Waals surface area contributed by atoms with E-state index >= 15 is 0 Å². The molecule has 11 heteroatoms. The first-order valence-corrected chi connectivity index (χ1v) is 10.7. The van der Waals surface area contributed by atoms with Gasteiger partial charge in [0.15, 0.2) is 16.7 Å². The Morgan fingerprint density at radius 3 is 2.76 bits per heavy atom. The van der Waals surface area contributed by atoms with Gasteiger partial charge in [-0.25, -0.2) is 4.98 Å². The van der Waals surface area contributed by atoms with E-state index in [1.165, 1.54) is 48.6 Å². The molecule has 1 aliphatic heterocycles. The molecule has 170 valence electrons. The standard InChI is InChI=1S/C23H15N3O7S/c1-32-14-7-8-15-17(11-14)34-23(24-15)25-19(12-4-2-5-13(10-12)26(30)31)18(21(28)22(25)29)20(27)16-6-3-9-33-16/h2-11,19,28H,1H3. The molecule has 4 aromatic rings. The highest BCUT2D eigenvalue weighted by molar-refractivity contribution is 7.22. The summed E-state index contributed by atoms with van der Waals surface area (Å²) in [5.74, 6) is -1.81. The number of carbonyl (C=O) groups excluding carboxylic acids is 2. The number of Topliss-reactive ketones (excluding diaryl/α,β-unsaturated/α-hetero) is 1. The quantitative estimate of drug-likeness (QED) is 0.242. The second-order valence-corrected chi connectivity index (χ2v) is 8.34. The van der Waals surface area contributed by atoms with E-state index in [0.29, 0.717) is 16.0 Å². The Bertz CT molecular complexity index is 1490. The molecular weight excluding hydrogens is 462 g/mol. The fraction of sp³-hybridized carbons (Fsp3) is 0.0870. The molecule has 0 fully saturated rings. The number of ether oxygens (including phenoxy) is 1. The highest BCUT2D eigenvalue weighted by Crippen LogP contribution is 2.45. The smallest absolute Gasteiger partial charge is 0.296 e. The number of carbonyl (C=O) groups is 2. The Morgan fingerprint density at radius 1 is 1.24 bits per heavy atom. The summed E-state index contributed by atoms with van der Waals surface area (Å²) in [6, 6.07) is 12.5. The van der Waals surface area contributed by atoms with Gasteiger partial charge in [-0.1, -0.05) is 23.5 Å². The SMILES string of the molecule is COc1ccc2nc(N3C(=O)C(O)=C(C(=O)c4ccco4)C3c3cccc([N+](=O)[O-])c3)sc2c1. The van der Waals surface area contributed by atoms with E-state index in [1.54, 1.807) is 24.3 Å². The number of aliphatic hydroxyl groups excluding tert-OH is 1. The molecule has 34 heavy (non-hydrogen) atoms. The summed E-state index contributed by atoms with van der Waals surface area (Å²) in [5, 5.41) is 22.4. The van der Waals surface area contributed by atoms with Crippen molar-refractivity contribution in [2.75, 3.05) is 12.0 Å². The lowest BCUT2D eigenvalue weighted by molar-refractivity contribution is -0.384. The van der Waals surface area contributed by atoms with E-state index in [9.17, 15) is 24.8 Å². The molecule has 1 unspecified atom stereocenters. The van der Waals surface area contributed by atoms with E-state index < -0.39 is 28.4 Å². The molecule has 1 N–H and O–H groups in total. The predicted octanol–water partition coefficient (Wildman–Crippen LogP) is 4.59. The number of amides is 1. The van der Waals surface area contributed by atoms with Crippen LogP contribution >= 0.6 is 11.3 Å². The van der Waals surface area contributed by atoms with Crippen LogP contribution < -0.4 is 9.64 Å². The number of rotatable bonds is 6. The van der Waals surface area contributed by atoms with Crippen molar-refractivity contribution in [2.45, 2.75) is 6.04 Å². The normalized spacial score (nSPS) is 15.9. The van der Waals surface area contributed by atoms with Crippen LogP contribution in [-0.4, -0.2) is 33.8 Å². The maximum atomic E-state index is 13.2. The van der Waals surface area contributed by atoms with Gasteiger partial charge in [-0.2, -0.15) is 0 Å². The number of aliphatic hydroxyl groups is 1. The number of hydrogen-bond acceptors (Lipinski definition) is 9. The van der Waals surface area contributed by atoms with Gasteiger partial charge in [-0.15, -0.1) is 0 Å². The Balaban J connectivity index is 1.69. The zero-order valence-corrected chi connectivity index (χ0v) is 18.3. The molecule has 0 bridgehead atoms. The first kappa shape index (κ1) is 21.3. The number of furan rings is 1. The summed E-state index contributed by atoms with van der Waals surface area (Å²) >= 11 is 1.16. The Hall–Kier alpha value is -4.51. The van der Waals surface area contributed by atoms with Gasteiger partial charge in [0.2, 0.25) is 5.78 Å². The van der Waals surface area contributed by atoms with Gasteiger partial charge in [0, 0.05) is 12.1 Å². The van der Waals surface area contributed by atoms with Crippen LogP contribution in [0.5, 0.6) is 5.75 Å². The molecule has 0 aliphatic carbocycles. The van der Waals surface area contributed by atoms with Gasteiger partial charge >= 0.3 is 0 Å². The highest BCUT2D eigenvalue weighted by Gasteiger charge is 2.46. The molecular formula is C23H15N3O7S. The van der Waals surface area contributed by atoms with Crippen LogP contribution in [-0.2, 0) is 4.79 Å². The molecule has 1 atom stereocenters. The summed E-state index contributed by atoms with van der Waals surface area (Å²) in [7, 11) is 1.53. The van der Waals surface area contributed by atoms with Gasteiger partial charge in [0.1, 0.15) is 5.75 Å². The van der Waals surface area contributed by atoms with Crippen molar-refractivity contribution >= 4 is 44.1 Å². The van der Waals surface area contributed by atoms with E-state index in [0.717, 1.165) is 11.3 Å². The van der Waals surface area contributed by atoms with E-state index in [4.69, 9.17) is 9.15 Å². The molecule has 2 aromatic heterocycles. The minimum atomic E-state index is -1.16. The fourth-order valence-corrected chi connectivity index (χ4v) is 4.84. The highest BCUT2D eigenvalue weighted by atomic mass is 32.1. The molecule has 1 aliphatic rings. The number of nitro groups is 1. The van der Waals surface area contributed by atoms with Gasteiger partial charge < -0.3 is 14.3 Å². The molecule has 0 spiro atoms. The number of non-ortho nitro benzene ring substituents is 1. The van der Waals surface area contributed by atoms with Crippen molar-refractivity contribution in [2.24, 2.45) is 0 Å². The molecule has 5 rings (SSSR count). The van der Waals surface area contributed by atoms with Gasteiger partial charge in [-0.05, 0) is 35.9 Å². The van der Waals surface area contributed by atoms with Crippen LogP contribution in [0, 0.1) is 10.1 Å². The number of benzene rings is 2. The van der Waals surface area contributed by atoms with Crippen molar-refractivity contribution in [3.8, 4) is 5.75 Å². The Morgan fingerprint density at radius 2 is 2.06 bits per heavy atom. The number of anilines is 1. The maximum absolute atomic E-state index is 13.2. The van der Waals surface area contributed by atoms with Crippen LogP contribution in [0.2, 0.25) is 0 Å². The summed E-state index contributed by atoms with van der Waals surface area (Å²) in [6.07, 6.45) is 1.29. The fourth-order valence-electron chi connectivity index (χ4n) is 3.82. The number of aromatic nitrogens is 1. The third-order valence-electron chi connectivity index (χ3n) is 5.38. The first-order chi connectivity index (χ1) is 16.4. The molecule has 0 saturated heterocycles. The molecule has 2 aromatic carbocycles. The molecule has 10 nitrogen and oxygen atoms in total. The number of hydrogen-bond donors (Lipinski definition) is 1.